The molecule has 0 saturated carbocycles. The number of carbonyl (C=O) groups is 1. The van der Waals surface area contributed by atoms with Crippen molar-refractivity contribution in [2.45, 2.75) is 6.92 Å². The highest BCUT2D eigenvalue weighted by Gasteiger charge is 2.04. The molecule has 0 spiro atoms. The molecule has 0 atom stereocenters. The Balaban J connectivity index is 2.09. The smallest absolute Gasteiger partial charge is 0.272 e. The van der Waals surface area contributed by atoms with Crippen LogP contribution in [0.25, 0.3) is 0 Å². The number of nitrogens with one attached hydrogen (secondary N) is 1. The van der Waals surface area contributed by atoms with Gasteiger partial charge in [-0.1, -0.05) is 12.1 Å². The lowest BCUT2D eigenvalue weighted by atomic mass is 10.1. The van der Waals surface area contributed by atoms with E-state index in [2.05, 4.69) is 15.5 Å². The number of nitrogens with zero attached hydrogens (tertiary/aromatic N) is 2. The summed E-state index contributed by atoms with van der Waals surface area (Å²) in [6.07, 6.45) is 3.10. The largest absolute Gasteiger partial charge is 0.399 e. The average molecular weight is 254 g/mol. The van der Waals surface area contributed by atoms with E-state index >= 15 is 0 Å². The molecule has 19 heavy (non-hydrogen) atoms. The summed E-state index contributed by atoms with van der Waals surface area (Å²) in [6, 6.07) is 10.7. The third-order valence-electron chi connectivity index (χ3n) is 2.55. The van der Waals surface area contributed by atoms with Crippen molar-refractivity contribution in [3.8, 4) is 0 Å². The maximum absolute atomic E-state index is 11.8. The first-order valence-corrected chi connectivity index (χ1v) is 5.77. The van der Waals surface area contributed by atoms with Crippen molar-refractivity contribution in [1.82, 2.24) is 10.4 Å². The SMILES string of the molecule is C/C(=N/NC(=O)c1cccnc1)c1cccc(N)c1. The summed E-state index contributed by atoms with van der Waals surface area (Å²) in [6.45, 7) is 1.80. The molecule has 0 aliphatic heterocycles. The molecule has 5 heteroatoms. The number of anilines is 1. The van der Waals surface area contributed by atoms with Gasteiger partial charge >= 0.3 is 0 Å². The van der Waals surface area contributed by atoms with Crippen molar-refractivity contribution in [3.63, 3.8) is 0 Å². The zero-order valence-electron chi connectivity index (χ0n) is 10.5. The van der Waals surface area contributed by atoms with Crippen molar-refractivity contribution >= 4 is 17.3 Å². The highest BCUT2D eigenvalue weighted by Crippen LogP contribution is 2.07. The molecule has 1 aromatic heterocycles. The molecule has 5 nitrogen and oxygen atoms in total. The van der Waals surface area contributed by atoms with Crippen molar-refractivity contribution in [2.24, 2.45) is 5.10 Å². The van der Waals surface area contributed by atoms with Gasteiger partial charge in [0.25, 0.3) is 5.91 Å². The molecule has 0 unspecified atom stereocenters. The molecule has 0 saturated heterocycles. The van der Waals surface area contributed by atoms with E-state index in [1.165, 1.54) is 6.20 Å². The molecule has 1 amide bonds. The van der Waals surface area contributed by atoms with Gasteiger partial charge in [-0.05, 0) is 36.8 Å². The van der Waals surface area contributed by atoms with E-state index in [1.54, 1.807) is 37.4 Å². The molecule has 0 aliphatic rings. The molecular formula is C14H14N4O. The maximum Gasteiger partial charge on any atom is 0.272 e. The Morgan fingerprint density at radius 1 is 1.26 bits per heavy atom. The summed E-state index contributed by atoms with van der Waals surface area (Å²) >= 11 is 0. The molecule has 0 bridgehead atoms. The van der Waals surface area contributed by atoms with Crippen LogP contribution < -0.4 is 11.2 Å². The van der Waals surface area contributed by atoms with Gasteiger partial charge < -0.3 is 5.73 Å². The van der Waals surface area contributed by atoms with Gasteiger partial charge in [0, 0.05) is 18.1 Å². The predicted octanol–water partition coefficient (Wildman–Crippen LogP) is 1.82. The van der Waals surface area contributed by atoms with Gasteiger partial charge in [-0.3, -0.25) is 9.78 Å². The lowest BCUT2D eigenvalue weighted by Crippen LogP contribution is -2.19. The molecule has 1 heterocycles. The Bertz CT molecular complexity index is 608. The summed E-state index contributed by atoms with van der Waals surface area (Å²) < 4.78 is 0. The molecule has 3 N–H and O–H groups in total. The van der Waals surface area contributed by atoms with E-state index in [0.717, 1.165) is 5.56 Å². The fourth-order valence-corrected chi connectivity index (χ4v) is 1.52. The van der Waals surface area contributed by atoms with E-state index in [-0.39, 0.29) is 5.91 Å². The summed E-state index contributed by atoms with van der Waals surface area (Å²) in [7, 11) is 0. The second-order valence-corrected chi connectivity index (χ2v) is 4.01. The number of aromatic nitrogens is 1. The Labute approximate surface area is 111 Å². The first-order chi connectivity index (χ1) is 9.16. The number of hydrogen-bond donors (Lipinski definition) is 2. The zero-order chi connectivity index (χ0) is 13.7. The van der Waals surface area contributed by atoms with Gasteiger partial charge in [-0.25, -0.2) is 5.43 Å². The van der Waals surface area contributed by atoms with Crippen molar-refractivity contribution in [2.75, 3.05) is 5.73 Å². The van der Waals surface area contributed by atoms with Gasteiger partial charge in [0.15, 0.2) is 0 Å². The summed E-state index contributed by atoms with van der Waals surface area (Å²) in [5.41, 5.74) is 10.9. The summed E-state index contributed by atoms with van der Waals surface area (Å²) in [4.78, 5) is 15.6. The molecule has 1 aromatic carbocycles. The predicted molar refractivity (Wildman–Crippen MR) is 74.8 cm³/mol. The highest BCUT2D eigenvalue weighted by atomic mass is 16.2. The molecule has 2 rings (SSSR count). The number of pyridine rings is 1. The molecule has 0 radical (unpaired) electrons. The number of amides is 1. The maximum atomic E-state index is 11.8. The normalized spacial score (nSPS) is 11.1. The van der Waals surface area contributed by atoms with Gasteiger partial charge in [0.05, 0.1) is 11.3 Å². The number of carbonyl (C=O) groups excluding carboxylic acids is 1. The van der Waals surface area contributed by atoms with Gasteiger partial charge in [0.2, 0.25) is 0 Å². The van der Waals surface area contributed by atoms with E-state index in [4.69, 9.17) is 5.73 Å². The number of nitrogens with two attached hydrogens (primary N) is 1. The van der Waals surface area contributed by atoms with Crippen LogP contribution in [0.4, 0.5) is 5.69 Å². The molecular weight excluding hydrogens is 240 g/mol. The van der Waals surface area contributed by atoms with Crippen LogP contribution in [0.1, 0.15) is 22.8 Å². The van der Waals surface area contributed by atoms with Crippen LogP contribution in [-0.2, 0) is 0 Å². The number of nitrogen functional groups attached to an aromatic ring is 1. The van der Waals surface area contributed by atoms with Gasteiger partial charge in [-0.15, -0.1) is 0 Å². The third kappa shape index (κ3) is 3.38. The van der Waals surface area contributed by atoms with Gasteiger partial charge in [0.1, 0.15) is 0 Å². The first kappa shape index (κ1) is 12.8. The lowest BCUT2D eigenvalue weighted by Gasteiger charge is -2.03. The first-order valence-electron chi connectivity index (χ1n) is 5.77. The van der Waals surface area contributed by atoms with E-state index in [9.17, 15) is 4.79 Å². The second kappa shape index (κ2) is 5.77. The van der Waals surface area contributed by atoms with E-state index < -0.39 is 0 Å². The van der Waals surface area contributed by atoms with Crippen LogP contribution in [0.3, 0.4) is 0 Å². The fourth-order valence-electron chi connectivity index (χ4n) is 1.52. The minimum atomic E-state index is -0.295. The molecule has 0 fully saturated rings. The molecule has 0 aliphatic carbocycles. The second-order valence-electron chi connectivity index (χ2n) is 4.01. The van der Waals surface area contributed by atoms with Crippen LogP contribution in [0.2, 0.25) is 0 Å². The van der Waals surface area contributed by atoms with E-state index in [1.807, 2.05) is 12.1 Å². The highest BCUT2D eigenvalue weighted by molar-refractivity contribution is 6.01. The Morgan fingerprint density at radius 2 is 2.05 bits per heavy atom. The van der Waals surface area contributed by atoms with Crippen LogP contribution in [-0.4, -0.2) is 16.6 Å². The summed E-state index contributed by atoms with van der Waals surface area (Å²) in [5, 5.41) is 4.05. The van der Waals surface area contributed by atoms with E-state index in [0.29, 0.717) is 17.0 Å². The van der Waals surface area contributed by atoms with Crippen LogP contribution in [0, 0.1) is 0 Å². The van der Waals surface area contributed by atoms with Crippen molar-refractivity contribution in [3.05, 3.63) is 59.9 Å². The Hall–Kier alpha value is -2.69. The molecule has 2 aromatic rings. The lowest BCUT2D eigenvalue weighted by molar-refractivity contribution is 0.0954. The number of hydrogen-bond acceptors (Lipinski definition) is 4. The van der Waals surface area contributed by atoms with Gasteiger partial charge in [-0.2, -0.15) is 5.10 Å². The quantitative estimate of drug-likeness (QED) is 0.498. The standard InChI is InChI=1S/C14H14N4O/c1-10(11-4-2-6-13(15)8-11)17-18-14(19)12-5-3-7-16-9-12/h2-9H,15H2,1H3,(H,18,19)/b17-10-. The monoisotopic (exact) mass is 254 g/mol. The third-order valence-corrected chi connectivity index (χ3v) is 2.55. The topological polar surface area (TPSA) is 80.4 Å². The minimum Gasteiger partial charge on any atom is -0.399 e. The average Bonchev–Trinajstić information content (AvgIpc) is 2.45. The number of benzene rings is 1. The van der Waals surface area contributed by atoms with Crippen molar-refractivity contribution < 1.29 is 4.79 Å². The number of hydrazone groups is 1. The summed E-state index contributed by atoms with van der Waals surface area (Å²) in [5.74, 6) is -0.295. The fraction of sp³-hybridized carbons (Fsp3) is 0.0714. The Morgan fingerprint density at radius 3 is 2.74 bits per heavy atom. The minimum absolute atomic E-state index is 0.295. The zero-order valence-corrected chi connectivity index (χ0v) is 10.5. The van der Waals surface area contributed by atoms with Crippen LogP contribution in [0.5, 0.6) is 0 Å². The van der Waals surface area contributed by atoms with Crippen LogP contribution >= 0.6 is 0 Å². The Kier molecular flexibility index (Phi) is 3.87. The van der Waals surface area contributed by atoms with Crippen molar-refractivity contribution in [1.29, 1.82) is 0 Å². The number of rotatable bonds is 3. The van der Waals surface area contributed by atoms with Crippen LogP contribution in [0.15, 0.2) is 53.9 Å². The molecule has 96 valence electrons.